The summed E-state index contributed by atoms with van der Waals surface area (Å²) in [5.41, 5.74) is 0. The normalized spacial score (nSPS) is 11.8. The van der Waals surface area contributed by atoms with Gasteiger partial charge in [-0.2, -0.15) is 0 Å². The number of aryl methyl sites for hydroxylation is 2. The Morgan fingerprint density at radius 3 is 1.91 bits per heavy atom. The number of aromatic nitrogens is 2. The molecule has 0 amide bonds. The number of unbranched alkanes of at least 4 members (excludes halogenated alkanes) is 9. The fraction of sp³-hybridized carbons (Fsp3) is 0.812. The molecule has 0 bridgehead atoms. The van der Waals surface area contributed by atoms with Crippen molar-refractivity contribution < 1.29 is 17.9 Å². The number of nitrogens with zero attached hydrogens (tertiary/aromatic N) is 2. The van der Waals surface area contributed by atoms with Gasteiger partial charge in [0.1, 0.15) is 12.4 Å². The van der Waals surface area contributed by atoms with Crippen molar-refractivity contribution in [2.45, 2.75) is 77.7 Å². The molecular weight excluding hydrogens is 300 g/mol. The van der Waals surface area contributed by atoms with E-state index in [9.17, 15) is 0 Å². The number of rotatable bonds is 11. The topological polar surface area (TPSA) is 69.2 Å². The van der Waals surface area contributed by atoms with Gasteiger partial charge < -0.3 is 9.11 Å². The van der Waals surface area contributed by atoms with E-state index in [1.165, 1.54) is 70.8 Å². The molecule has 0 saturated carbocycles. The molecule has 0 aliphatic carbocycles. The van der Waals surface area contributed by atoms with Crippen LogP contribution in [0, 0.1) is 0 Å². The van der Waals surface area contributed by atoms with Crippen LogP contribution in [0.25, 0.3) is 0 Å². The van der Waals surface area contributed by atoms with E-state index in [1.807, 2.05) is 0 Å². The van der Waals surface area contributed by atoms with Crippen molar-refractivity contribution >= 4 is 11.4 Å². The highest BCUT2D eigenvalue weighted by molar-refractivity contribution is 7.73. The first-order valence-electron chi connectivity index (χ1n) is 8.35. The minimum absolute atomic E-state index is 1.18. The van der Waals surface area contributed by atoms with Gasteiger partial charge in [0.25, 0.3) is 0 Å². The Kier molecular flexibility index (Phi) is 14.7. The maximum absolute atomic E-state index is 8.56. The molecule has 1 aromatic rings. The van der Waals surface area contributed by atoms with Crippen LogP contribution in [0.15, 0.2) is 18.7 Å². The standard InChI is InChI=1S/C16H31N2.H2O3S/c1-3-4-5-6-7-8-9-10-11-12-13-18-15-14-17(2)16-18;1-4(2)3/h14-16H,3-13H2,1-2H3;(H2,1,2,3)/q+1;/p-1. The van der Waals surface area contributed by atoms with Gasteiger partial charge in [0.05, 0.1) is 25.0 Å². The minimum atomic E-state index is -2.86. The largest absolute Gasteiger partial charge is 0.750 e. The van der Waals surface area contributed by atoms with Gasteiger partial charge in [-0.25, -0.2) is 13.3 Å². The molecule has 0 aliphatic heterocycles. The lowest BCUT2D eigenvalue weighted by atomic mass is 10.1. The quantitative estimate of drug-likeness (QED) is 0.382. The first kappa shape index (κ1) is 21.3. The smallest absolute Gasteiger partial charge is 0.243 e. The van der Waals surface area contributed by atoms with Crippen molar-refractivity contribution in [1.82, 2.24) is 4.57 Å². The summed E-state index contributed by atoms with van der Waals surface area (Å²) in [7, 11) is 2.08. The Balaban J connectivity index is 0.000000980. The molecule has 0 saturated heterocycles. The van der Waals surface area contributed by atoms with E-state index in [4.69, 9.17) is 13.3 Å². The Bertz CT molecular complexity index is 379. The highest BCUT2D eigenvalue weighted by atomic mass is 32.2. The molecule has 130 valence electrons. The summed E-state index contributed by atoms with van der Waals surface area (Å²) < 4.78 is 28.5. The molecule has 22 heavy (non-hydrogen) atoms. The lowest BCUT2D eigenvalue weighted by Crippen LogP contribution is -2.23. The van der Waals surface area contributed by atoms with Crippen molar-refractivity contribution in [3.8, 4) is 0 Å². The number of hydrogen-bond acceptors (Lipinski definition) is 2. The summed E-state index contributed by atoms with van der Waals surface area (Å²) >= 11 is -2.86. The van der Waals surface area contributed by atoms with Crippen LogP contribution in [0.5, 0.6) is 0 Å². The first-order chi connectivity index (χ1) is 10.6. The molecule has 1 rings (SSSR count). The fourth-order valence-corrected chi connectivity index (χ4v) is 2.42. The zero-order valence-electron chi connectivity index (χ0n) is 14.1. The maximum atomic E-state index is 8.56. The molecule has 0 fully saturated rings. The van der Waals surface area contributed by atoms with E-state index in [1.54, 1.807) is 0 Å². The van der Waals surface area contributed by atoms with Crippen molar-refractivity contribution in [3.05, 3.63) is 18.7 Å². The fourth-order valence-electron chi connectivity index (χ4n) is 2.42. The molecule has 1 heterocycles. The van der Waals surface area contributed by atoms with Crippen molar-refractivity contribution in [2.24, 2.45) is 7.05 Å². The van der Waals surface area contributed by atoms with Crippen LogP contribution in [0.2, 0.25) is 0 Å². The Hall–Kier alpha value is -0.720. The van der Waals surface area contributed by atoms with Gasteiger partial charge in [0, 0.05) is 0 Å². The summed E-state index contributed by atoms with van der Waals surface area (Å²) in [6.07, 6.45) is 20.6. The zero-order chi connectivity index (χ0) is 16.6. The third-order valence-corrected chi connectivity index (χ3v) is 3.59. The van der Waals surface area contributed by atoms with E-state index in [0.29, 0.717) is 0 Å². The molecule has 1 N–H and O–H groups in total. The van der Waals surface area contributed by atoms with Crippen LogP contribution < -0.4 is 4.57 Å². The van der Waals surface area contributed by atoms with Crippen LogP contribution in [0.4, 0.5) is 0 Å². The second-order valence-corrected chi connectivity index (χ2v) is 6.15. The Morgan fingerprint density at radius 2 is 1.50 bits per heavy atom. The highest BCUT2D eigenvalue weighted by Crippen LogP contribution is 2.10. The predicted octanol–water partition coefficient (Wildman–Crippen LogP) is 3.57. The van der Waals surface area contributed by atoms with E-state index in [2.05, 4.69) is 41.8 Å². The van der Waals surface area contributed by atoms with E-state index in [-0.39, 0.29) is 0 Å². The highest BCUT2D eigenvalue weighted by Gasteiger charge is 1.99. The van der Waals surface area contributed by atoms with Crippen LogP contribution in [0.3, 0.4) is 0 Å². The van der Waals surface area contributed by atoms with E-state index in [0.717, 1.165) is 0 Å². The molecule has 0 aromatic carbocycles. The summed E-state index contributed by atoms with van der Waals surface area (Å²) in [5, 5.41) is 0. The summed E-state index contributed by atoms with van der Waals surface area (Å²) in [6.45, 7) is 3.46. The maximum Gasteiger partial charge on any atom is 0.243 e. The summed E-state index contributed by atoms with van der Waals surface area (Å²) in [5.74, 6) is 0. The summed E-state index contributed by atoms with van der Waals surface area (Å²) in [4.78, 5) is 0. The number of hydrogen-bond donors (Lipinski definition) is 1. The van der Waals surface area contributed by atoms with Crippen molar-refractivity contribution in [2.75, 3.05) is 0 Å². The lowest BCUT2D eigenvalue weighted by molar-refractivity contribution is -0.671. The molecule has 0 aliphatic rings. The van der Waals surface area contributed by atoms with E-state index >= 15 is 0 Å². The summed E-state index contributed by atoms with van der Waals surface area (Å²) in [6, 6.07) is 0. The van der Waals surface area contributed by atoms with Gasteiger partial charge in [0.2, 0.25) is 6.33 Å². The monoisotopic (exact) mass is 332 g/mol. The van der Waals surface area contributed by atoms with Crippen LogP contribution >= 0.6 is 0 Å². The SMILES string of the molecule is CCCCCCCCCCCCn1cc[n+](C)c1.O=S([O-])O. The molecule has 1 aromatic heterocycles. The second kappa shape index (κ2) is 15.2. The molecule has 0 spiro atoms. The number of imidazole rings is 1. The Labute approximate surface area is 137 Å². The third kappa shape index (κ3) is 15.7. The van der Waals surface area contributed by atoms with Gasteiger partial charge in [-0.15, -0.1) is 0 Å². The molecule has 5 nitrogen and oxygen atoms in total. The molecule has 6 heteroatoms. The second-order valence-electron chi connectivity index (χ2n) is 5.72. The van der Waals surface area contributed by atoms with Gasteiger partial charge in [-0.05, 0) is 12.8 Å². The zero-order valence-corrected chi connectivity index (χ0v) is 14.9. The lowest BCUT2D eigenvalue weighted by Gasteiger charge is -2.01. The predicted molar refractivity (Wildman–Crippen MR) is 89.0 cm³/mol. The van der Waals surface area contributed by atoms with Gasteiger partial charge in [0.15, 0.2) is 0 Å². The third-order valence-electron chi connectivity index (χ3n) is 3.59. The minimum Gasteiger partial charge on any atom is -0.750 e. The molecular formula is C16H32N2O3S. The van der Waals surface area contributed by atoms with Crippen LogP contribution in [-0.2, 0) is 25.0 Å². The van der Waals surface area contributed by atoms with Crippen molar-refractivity contribution in [3.63, 3.8) is 0 Å². The first-order valence-corrected chi connectivity index (χ1v) is 9.38. The van der Waals surface area contributed by atoms with Crippen LogP contribution in [-0.4, -0.2) is 17.9 Å². The molecule has 1 atom stereocenters. The van der Waals surface area contributed by atoms with Gasteiger partial charge >= 0.3 is 0 Å². The Morgan fingerprint density at radius 1 is 1.05 bits per heavy atom. The average molecular weight is 333 g/mol. The average Bonchev–Trinajstić information content (AvgIpc) is 2.86. The van der Waals surface area contributed by atoms with Crippen molar-refractivity contribution in [1.29, 1.82) is 0 Å². The molecule has 0 radical (unpaired) electrons. The van der Waals surface area contributed by atoms with E-state index < -0.39 is 11.4 Å². The molecule has 1 unspecified atom stereocenters. The van der Waals surface area contributed by atoms with Gasteiger partial charge in [-0.3, -0.25) is 0 Å². The van der Waals surface area contributed by atoms with Gasteiger partial charge in [-0.1, -0.05) is 58.3 Å². The van der Waals surface area contributed by atoms with Crippen LogP contribution in [0.1, 0.15) is 71.1 Å².